The molecule has 1 aromatic rings. The maximum atomic E-state index is 5.04. The first-order valence-corrected chi connectivity index (χ1v) is 4.84. The lowest BCUT2D eigenvalue weighted by Gasteiger charge is -2.03. The fraction of sp³-hybridized carbons (Fsp3) is 0.714. The van der Waals surface area contributed by atoms with Crippen LogP contribution in [0.15, 0.2) is 4.52 Å². The van der Waals surface area contributed by atoms with Gasteiger partial charge < -0.3 is 4.52 Å². The van der Waals surface area contributed by atoms with Crippen molar-refractivity contribution in [3.05, 3.63) is 9.72 Å². The van der Waals surface area contributed by atoms with Gasteiger partial charge in [0.25, 0.3) is 0 Å². The van der Waals surface area contributed by atoms with Gasteiger partial charge in [0.1, 0.15) is 0 Å². The lowest BCUT2D eigenvalue weighted by atomic mass is 10.0. The highest BCUT2D eigenvalue weighted by Crippen LogP contribution is 2.20. The molecule has 0 aliphatic heterocycles. The molecule has 0 radical (unpaired) electrons. The third-order valence-corrected chi connectivity index (χ3v) is 2.19. The third-order valence-electron chi connectivity index (χ3n) is 1.75. The summed E-state index contributed by atoms with van der Waals surface area (Å²) in [6.45, 7) is 4.26. The van der Waals surface area contributed by atoms with Gasteiger partial charge in [0.05, 0.1) is 0 Å². The normalized spacial score (nSPS) is 10.9. The van der Waals surface area contributed by atoms with E-state index >= 15 is 0 Å². The third kappa shape index (κ3) is 2.15. The molecule has 0 atom stereocenters. The summed E-state index contributed by atoms with van der Waals surface area (Å²) >= 11 is 2.05. The Balaban J connectivity index is 2.73. The molecule has 62 valence electrons. The zero-order chi connectivity index (χ0) is 8.27. The highest BCUT2D eigenvalue weighted by atomic mass is 127. The van der Waals surface area contributed by atoms with Crippen LogP contribution in [0.1, 0.15) is 38.5 Å². The van der Waals surface area contributed by atoms with Crippen molar-refractivity contribution in [1.82, 2.24) is 10.1 Å². The summed E-state index contributed by atoms with van der Waals surface area (Å²) in [5.41, 5.74) is 0. The van der Waals surface area contributed by atoms with Crippen molar-refractivity contribution in [2.75, 3.05) is 0 Å². The molecule has 0 spiro atoms. The smallest absolute Gasteiger partial charge is 0.232 e. The Morgan fingerprint density at radius 1 is 1.45 bits per heavy atom. The Labute approximate surface area is 79.7 Å². The van der Waals surface area contributed by atoms with E-state index in [1.165, 1.54) is 0 Å². The van der Waals surface area contributed by atoms with E-state index in [9.17, 15) is 0 Å². The number of rotatable bonds is 3. The minimum absolute atomic E-state index is 0.436. The Bertz CT molecular complexity index is 220. The first kappa shape index (κ1) is 8.96. The molecule has 0 bridgehead atoms. The number of halogens is 1. The van der Waals surface area contributed by atoms with Gasteiger partial charge in [-0.1, -0.05) is 19.0 Å². The predicted octanol–water partition coefficient (Wildman–Crippen LogP) is 2.58. The number of aromatic nitrogens is 2. The average molecular weight is 266 g/mol. The second-order valence-corrected chi connectivity index (χ2v) is 3.38. The van der Waals surface area contributed by atoms with Crippen LogP contribution in [0.2, 0.25) is 0 Å². The van der Waals surface area contributed by atoms with Crippen LogP contribution in [-0.2, 0) is 0 Å². The molecule has 0 fully saturated rings. The number of hydrogen-bond donors (Lipinski definition) is 0. The van der Waals surface area contributed by atoms with Crippen LogP contribution in [-0.4, -0.2) is 10.1 Å². The van der Waals surface area contributed by atoms with Crippen molar-refractivity contribution in [2.24, 2.45) is 0 Å². The topological polar surface area (TPSA) is 38.9 Å². The van der Waals surface area contributed by atoms with Gasteiger partial charge in [0.2, 0.25) is 9.72 Å². The zero-order valence-corrected chi connectivity index (χ0v) is 8.83. The molecular weight excluding hydrogens is 255 g/mol. The number of nitrogens with zero attached hydrogens (tertiary/aromatic N) is 2. The molecule has 0 unspecified atom stereocenters. The van der Waals surface area contributed by atoms with Crippen LogP contribution >= 0.6 is 22.6 Å². The molecular formula is C7H11IN2O. The monoisotopic (exact) mass is 266 g/mol. The fourth-order valence-electron chi connectivity index (χ4n) is 1.02. The van der Waals surface area contributed by atoms with Gasteiger partial charge in [0, 0.05) is 28.5 Å². The highest BCUT2D eigenvalue weighted by molar-refractivity contribution is 14.1. The zero-order valence-electron chi connectivity index (χ0n) is 6.67. The van der Waals surface area contributed by atoms with Gasteiger partial charge in [-0.05, 0) is 12.8 Å². The van der Waals surface area contributed by atoms with Crippen LogP contribution in [0.25, 0.3) is 0 Å². The summed E-state index contributed by atoms with van der Waals surface area (Å²) in [5, 5.41) is 3.73. The molecule has 0 saturated heterocycles. The standard InChI is InChI=1S/C7H11IN2O/c1-3-5(4-2)6-9-7(8)10-11-6/h5H,3-4H2,1-2H3. The van der Waals surface area contributed by atoms with Gasteiger partial charge in [-0.15, -0.1) is 0 Å². The van der Waals surface area contributed by atoms with E-state index in [-0.39, 0.29) is 0 Å². The van der Waals surface area contributed by atoms with Gasteiger partial charge in [-0.2, -0.15) is 4.98 Å². The van der Waals surface area contributed by atoms with Crippen molar-refractivity contribution >= 4 is 22.6 Å². The number of hydrogen-bond acceptors (Lipinski definition) is 3. The fourth-order valence-corrected chi connectivity index (χ4v) is 1.36. The average Bonchev–Trinajstić information content (AvgIpc) is 2.39. The van der Waals surface area contributed by atoms with E-state index < -0.39 is 0 Å². The molecule has 0 aliphatic carbocycles. The maximum absolute atomic E-state index is 5.04. The molecule has 0 N–H and O–H groups in total. The molecule has 0 saturated carbocycles. The highest BCUT2D eigenvalue weighted by Gasteiger charge is 2.13. The molecule has 0 amide bonds. The summed E-state index contributed by atoms with van der Waals surface area (Å²) in [4.78, 5) is 4.16. The lowest BCUT2D eigenvalue weighted by molar-refractivity contribution is 0.343. The molecule has 1 aromatic heterocycles. The SMILES string of the molecule is CCC(CC)c1nc(I)no1. The van der Waals surface area contributed by atoms with Crippen LogP contribution in [0.5, 0.6) is 0 Å². The second kappa shape index (κ2) is 4.04. The largest absolute Gasteiger partial charge is 0.338 e. The Morgan fingerprint density at radius 3 is 2.45 bits per heavy atom. The summed E-state index contributed by atoms with van der Waals surface area (Å²) in [7, 11) is 0. The van der Waals surface area contributed by atoms with Crippen LogP contribution in [0.3, 0.4) is 0 Å². The first-order valence-electron chi connectivity index (χ1n) is 3.77. The van der Waals surface area contributed by atoms with Gasteiger partial charge in [-0.25, -0.2) is 0 Å². The van der Waals surface area contributed by atoms with E-state index in [1.807, 2.05) is 0 Å². The van der Waals surface area contributed by atoms with Crippen molar-refractivity contribution in [2.45, 2.75) is 32.6 Å². The summed E-state index contributed by atoms with van der Waals surface area (Å²) in [5.74, 6) is 1.21. The molecule has 3 nitrogen and oxygen atoms in total. The predicted molar refractivity (Wildman–Crippen MR) is 50.3 cm³/mol. The molecule has 4 heteroatoms. The molecule has 11 heavy (non-hydrogen) atoms. The molecule has 0 aliphatic rings. The van der Waals surface area contributed by atoms with E-state index in [0.29, 0.717) is 9.75 Å². The summed E-state index contributed by atoms with van der Waals surface area (Å²) in [6, 6.07) is 0. The Hall–Kier alpha value is -0.130. The summed E-state index contributed by atoms with van der Waals surface area (Å²) in [6.07, 6.45) is 2.13. The Kier molecular flexibility index (Phi) is 3.29. The first-order chi connectivity index (χ1) is 5.27. The van der Waals surface area contributed by atoms with Crippen LogP contribution in [0, 0.1) is 3.83 Å². The molecule has 1 rings (SSSR count). The Morgan fingerprint density at radius 2 is 2.09 bits per heavy atom. The van der Waals surface area contributed by atoms with E-state index in [0.717, 1.165) is 18.7 Å². The van der Waals surface area contributed by atoms with E-state index in [4.69, 9.17) is 4.52 Å². The molecule has 1 heterocycles. The summed E-state index contributed by atoms with van der Waals surface area (Å²) < 4.78 is 5.74. The van der Waals surface area contributed by atoms with Gasteiger partial charge >= 0.3 is 0 Å². The minimum Gasteiger partial charge on any atom is -0.338 e. The van der Waals surface area contributed by atoms with E-state index in [1.54, 1.807) is 0 Å². The van der Waals surface area contributed by atoms with Crippen molar-refractivity contribution < 1.29 is 4.52 Å². The van der Waals surface area contributed by atoms with Crippen LogP contribution in [0.4, 0.5) is 0 Å². The molecule has 0 aromatic carbocycles. The van der Waals surface area contributed by atoms with Crippen LogP contribution < -0.4 is 0 Å². The minimum atomic E-state index is 0.436. The maximum Gasteiger partial charge on any atom is 0.232 e. The van der Waals surface area contributed by atoms with Crippen molar-refractivity contribution in [3.8, 4) is 0 Å². The second-order valence-electron chi connectivity index (χ2n) is 2.42. The van der Waals surface area contributed by atoms with E-state index in [2.05, 4.69) is 46.6 Å². The van der Waals surface area contributed by atoms with Crippen molar-refractivity contribution in [3.63, 3.8) is 0 Å². The quantitative estimate of drug-likeness (QED) is 0.789. The lowest BCUT2D eigenvalue weighted by Crippen LogP contribution is -1.95. The van der Waals surface area contributed by atoms with Gasteiger partial charge in [0.15, 0.2) is 0 Å². The van der Waals surface area contributed by atoms with Gasteiger partial charge in [-0.3, -0.25) is 0 Å². The van der Waals surface area contributed by atoms with Crippen molar-refractivity contribution in [1.29, 1.82) is 0 Å².